The highest BCUT2D eigenvalue weighted by molar-refractivity contribution is 5.59. The fourth-order valence-corrected chi connectivity index (χ4v) is 3.20. The molecule has 2 heterocycles. The van der Waals surface area contributed by atoms with Crippen LogP contribution in [0.1, 0.15) is 23.0 Å². The summed E-state index contributed by atoms with van der Waals surface area (Å²) in [4.78, 5) is 2.13. The van der Waals surface area contributed by atoms with E-state index in [4.69, 9.17) is 14.7 Å². The van der Waals surface area contributed by atoms with Crippen LogP contribution in [0.25, 0.3) is 0 Å². The Hall–Kier alpha value is -3.37. The summed E-state index contributed by atoms with van der Waals surface area (Å²) >= 11 is 0. The van der Waals surface area contributed by atoms with Crippen LogP contribution in [-0.2, 0) is 11.3 Å². The van der Waals surface area contributed by atoms with Gasteiger partial charge in [0.2, 0.25) is 0 Å². The minimum Gasteiger partial charge on any atom is -0.495 e. The SMILES string of the molecule is COc1ccccc1N1CCO[C@H]1c1cn(Cc2ccc(C#N)cc2)nn1. The molecule has 2 aromatic carbocycles. The maximum atomic E-state index is 8.89. The number of methoxy groups -OCH3 is 1. The molecule has 1 aliphatic rings. The van der Waals surface area contributed by atoms with Gasteiger partial charge in [0.1, 0.15) is 11.4 Å². The van der Waals surface area contributed by atoms with Gasteiger partial charge in [0.05, 0.1) is 43.8 Å². The van der Waals surface area contributed by atoms with Crippen LogP contribution in [0.5, 0.6) is 5.75 Å². The lowest BCUT2D eigenvalue weighted by Crippen LogP contribution is -2.24. The van der Waals surface area contributed by atoms with Gasteiger partial charge in [0.15, 0.2) is 6.23 Å². The molecule has 1 aromatic heterocycles. The van der Waals surface area contributed by atoms with Crippen molar-refractivity contribution >= 4 is 5.69 Å². The van der Waals surface area contributed by atoms with Crippen molar-refractivity contribution in [3.63, 3.8) is 0 Å². The predicted molar refractivity (Wildman–Crippen MR) is 99.3 cm³/mol. The van der Waals surface area contributed by atoms with Crippen molar-refractivity contribution in [2.24, 2.45) is 0 Å². The minimum absolute atomic E-state index is 0.295. The van der Waals surface area contributed by atoms with E-state index >= 15 is 0 Å². The molecule has 3 aromatic rings. The van der Waals surface area contributed by atoms with E-state index in [1.165, 1.54) is 0 Å². The zero-order valence-electron chi connectivity index (χ0n) is 14.9. The summed E-state index contributed by atoms with van der Waals surface area (Å²) in [6, 6.07) is 17.5. The molecule has 0 aliphatic carbocycles. The average molecular weight is 361 g/mol. The normalized spacial score (nSPS) is 16.3. The third kappa shape index (κ3) is 3.48. The average Bonchev–Trinajstić information content (AvgIpc) is 3.37. The molecule has 7 nitrogen and oxygen atoms in total. The first-order valence-corrected chi connectivity index (χ1v) is 8.69. The molecule has 0 spiro atoms. The van der Waals surface area contributed by atoms with Gasteiger partial charge in [-0.15, -0.1) is 5.10 Å². The van der Waals surface area contributed by atoms with Gasteiger partial charge in [-0.25, -0.2) is 4.68 Å². The molecule has 0 saturated carbocycles. The first kappa shape index (κ1) is 17.1. The van der Waals surface area contributed by atoms with E-state index in [1.54, 1.807) is 23.9 Å². The van der Waals surface area contributed by atoms with Gasteiger partial charge in [0, 0.05) is 6.54 Å². The maximum Gasteiger partial charge on any atom is 0.177 e. The Bertz CT molecular complexity index is 961. The van der Waals surface area contributed by atoms with Crippen molar-refractivity contribution < 1.29 is 9.47 Å². The van der Waals surface area contributed by atoms with E-state index in [9.17, 15) is 0 Å². The number of hydrogen-bond acceptors (Lipinski definition) is 6. The van der Waals surface area contributed by atoms with Gasteiger partial charge in [-0.1, -0.05) is 29.5 Å². The van der Waals surface area contributed by atoms with Crippen molar-refractivity contribution in [2.75, 3.05) is 25.2 Å². The minimum atomic E-state index is -0.295. The second-order valence-corrected chi connectivity index (χ2v) is 6.24. The lowest BCUT2D eigenvalue weighted by molar-refractivity contribution is 0.110. The zero-order valence-corrected chi connectivity index (χ0v) is 14.9. The first-order chi connectivity index (χ1) is 13.3. The van der Waals surface area contributed by atoms with E-state index in [0.717, 1.165) is 29.2 Å². The van der Waals surface area contributed by atoms with Gasteiger partial charge in [0.25, 0.3) is 0 Å². The Kier molecular flexibility index (Phi) is 4.73. The highest BCUT2D eigenvalue weighted by Crippen LogP contribution is 2.36. The third-order valence-electron chi connectivity index (χ3n) is 4.52. The summed E-state index contributed by atoms with van der Waals surface area (Å²) < 4.78 is 13.2. The zero-order chi connectivity index (χ0) is 18.6. The molecule has 1 fully saturated rings. The van der Waals surface area contributed by atoms with E-state index in [-0.39, 0.29) is 6.23 Å². The molecule has 4 rings (SSSR count). The van der Waals surface area contributed by atoms with Crippen molar-refractivity contribution in [1.29, 1.82) is 5.26 Å². The molecule has 27 heavy (non-hydrogen) atoms. The van der Waals surface area contributed by atoms with Gasteiger partial charge in [-0.2, -0.15) is 5.26 Å². The number of benzene rings is 2. The molecule has 7 heteroatoms. The largest absolute Gasteiger partial charge is 0.495 e. The monoisotopic (exact) mass is 361 g/mol. The van der Waals surface area contributed by atoms with Gasteiger partial charge in [-0.05, 0) is 29.8 Å². The highest BCUT2D eigenvalue weighted by atomic mass is 16.5. The standard InChI is InChI=1S/C20H19N5O2/c1-26-19-5-3-2-4-18(19)25-10-11-27-20(25)17-14-24(23-22-17)13-16-8-6-15(12-21)7-9-16/h2-9,14,20H,10-11,13H2,1H3/t20-/m0/s1. The van der Waals surface area contributed by atoms with Crippen molar-refractivity contribution in [3.05, 3.63) is 71.5 Å². The van der Waals surface area contributed by atoms with Crippen LogP contribution >= 0.6 is 0 Å². The van der Waals surface area contributed by atoms with Crippen molar-refractivity contribution in [3.8, 4) is 11.8 Å². The summed E-state index contributed by atoms with van der Waals surface area (Å²) in [6.07, 6.45) is 1.60. The van der Waals surface area contributed by atoms with E-state index in [0.29, 0.717) is 18.7 Å². The molecule has 136 valence electrons. The quantitative estimate of drug-likeness (QED) is 0.695. The molecule has 0 N–H and O–H groups in total. The van der Waals surface area contributed by atoms with Crippen LogP contribution in [-0.4, -0.2) is 35.3 Å². The summed E-state index contributed by atoms with van der Waals surface area (Å²) in [5.74, 6) is 0.804. The molecular formula is C20H19N5O2. The predicted octanol–water partition coefficient (Wildman–Crippen LogP) is 2.74. The number of nitriles is 1. The number of para-hydroxylation sites is 2. The summed E-state index contributed by atoms with van der Waals surface area (Å²) in [5, 5.41) is 17.4. The van der Waals surface area contributed by atoms with E-state index in [2.05, 4.69) is 21.3 Å². The molecular weight excluding hydrogens is 342 g/mol. The number of anilines is 1. The Labute approximate surface area is 157 Å². The van der Waals surface area contributed by atoms with Gasteiger partial charge < -0.3 is 14.4 Å². The van der Waals surface area contributed by atoms with Crippen LogP contribution in [0.2, 0.25) is 0 Å². The van der Waals surface area contributed by atoms with Gasteiger partial charge >= 0.3 is 0 Å². The summed E-state index contributed by atoms with van der Waals surface area (Å²) in [7, 11) is 1.67. The molecule has 1 aliphatic heterocycles. The second-order valence-electron chi connectivity index (χ2n) is 6.24. The van der Waals surface area contributed by atoms with E-state index in [1.807, 2.05) is 42.6 Å². The fraction of sp³-hybridized carbons (Fsp3) is 0.250. The molecule has 0 radical (unpaired) electrons. The van der Waals surface area contributed by atoms with Crippen LogP contribution in [0, 0.1) is 11.3 Å². The number of rotatable bonds is 5. The molecule has 0 bridgehead atoms. The third-order valence-corrected chi connectivity index (χ3v) is 4.52. The number of ether oxygens (including phenoxy) is 2. The lowest BCUT2D eigenvalue weighted by atomic mass is 10.1. The smallest absolute Gasteiger partial charge is 0.177 e. The number of nitrogens with zero attached hydrogens (tertiary/aromatic N) is 5. The molecule has 1 saturated heterocycles. The topological polar surface area (TPSA) is 76.2 Å². The molecule has 1 atom stereocenters. The van der Waals surface area contributed by atoms with Crippen LogP contribution < -0.4 is 9.64 Å². The lowest BCUT2D eigenvalue weighted by Gasteiger charge is -2.25. The van der Waals surface area contributed by atoms with Crippen LogP contribution in [0.15, 0.2) is 54.7 Å². The fourth-order valence-electron chi connectivity index (χ4n) is 3.20. The maximum absolute atomic E-state index is 8.89. The first-order valence-electron chi connectivity index (χ1n) is 8.69. The van der Waals surface area contributed by atoms with Gasteiger partial charge in [-0.3, -0.25) is 0 Å². The number of aromatic nitrogens is 3. The molecule has 0 amide bonds. The Morgan fingerprint density at radius 2 is 2.04 bits per heavy atom. The van der Waals surface area contributed by atoms with Crippen LogP contribution in [0.4, 0.5) is 5.69 Å². The van der Waals surface area contributed by atoms with Crippen molar-refractivity contribution in [2.45, 2.75) is 12.8 Å². The Balaban J connectivity index is 1.54. The van der Waals surface area contributed by atoms with E-state index < -0.39 is 0 Å². The second kappa shape index (κ2) is 7.48. The van der Waals surface area contributed by atoms with Crippen LogP contribution in [0.3, 0.4) is 0 Å². The van der Waals surface area contributed by atoms with Crippen molar-refractivity contribution in [1.82, 2.24) is 15.0 Å². The summed E-state index contributed by atoms with van der Waals surface area (Å²) in [6.45, 7) is 1.96. The molecule has 0 unspecified atom stereocenters. The number of hydrogen-bond donors (Lipinski definition) is 0. The Morgan fingerprint density at radius 3 is 2.81 bits per heavy atom. The summed E-state index contributed by atoms with van der Waals surface area (Å²) in [5.41, 5.74) is 3.43. The highest BCUT2D eigenvalue weighted by Gasteiger charge is 2.31. The Morgan fingerprint density at radius 1 is 1.22 bits per heavy atom.